The smallest absolute Gasteiger partial charge is 0.0244 e. The molecule has 0 amide bonds. The fraction of sp³-hybridized carbons (Fsp3) is 0.833. The van der Waals surface area contributed by atoms with E-state index in [0.717, 1.165) is 6.42 Å². The van der Waals surface area contributed by atoms with E-state index in [0.29, 0.717) is 0 Å². The molecular weight excluding hydrogens is 100 g/mol. The maximum atomic E-state index is 4.02. The third-order valence-corrected chi connectivity index (χ3v) is 0.730. The molecular formula is C6H14N2. The van der Waals surface area contributed by atoms with Crippen molar-refractivity contribution < 1.29 is 0 Å². The maximum absolute atomic E-state index is 4.02. The van der Waals surface area contributed by atoms with E-state index in [2.05, 4.69) is 12.0 Å². The van der Waals surface area contributed by atoms with Gasteiger partial charge in [0.05, 0.1) is 0 Å². The summed E-state index contributed by atoms with van der Waals surface area (Å²) >= 11 is 0. The van der Waals surface area contributed by atoms with Gasteiger partial charge in [-0.2, -0.15) is 5.10 Å². The molecule has 2 heteroatoms. The van der Waals surface area contributed by atoms with Crippen LogP contribution in [0.5, 0.6) is 0 Å². The molecule has 0 saturated carbocycles. The molecule has 0 unspecified atom stereocenters. The number of hydrazone groups is 1. The van der Waals surface area contributed by atoms with Crippen molar-refractivity contribution in [1.29, 1.82) is 0 Å². The van der Waals surface area contributed by atoms with E-state index in [-0.39, 0.29) is 0 Å². The first-order chi connectivity index (χ1) is 3.77. The summed E-state index contributed by atoms with van der Waals surface area (Å²) < 4.78 is 0. The molecule has 0 aliphatic rings. The van der Waals surface area contributed by atoms with Crippen LogP contribution >= 0.6 is 0 Å². The van der Waals surface area contributed by atoms with Crippen molar-refractivity contribution >= 4 is 6.21 Å². The summed E-state index contributed by atoms with van der Waals surface area (Å²) in [7, 11) is 3.85. The molecule has 0 atom stereocenters. The number of rotatable bonds is 3. The maximum Gasteiger partial charge on any atom is 0.0244 e. The molecule has 0 rings (SSSR count). The van der Waals surface area contributed by atoms with Crippen LogP contribution in [0.15, 0.2) is 5.10 Å². The SMILES string of the molecule is CCC/C=N/N(C)C. The Bertz CT molecular complexity index is 66.9. The minimum atomic E-state index is 1.08. The first kappa shape index (κ1) is 7.47. The molecule has 0 N–H and O–H groups in total. The molecule has 0 spiro atoms. The van der Waals surface area contributed by atoms with E-state index < -0.39 is 0 Å². The topological polar surface area (TPSA) is 15.6 Å². The van der Waals surface area contributed by atoms with Gasteiger partial charge in [0.2, 0.25) is 0 Å². The monoisotopic (exact) mass is 114 g/mol. The molecule has 48 valence electrons. The van der Waals surface area contributed by atoms with Crippen LogP contribution < -0.4 is 0 Å². The molecule has 2 nitrogen and oxygen atoms in total. The molecule has 8 heavy (non-hydrogen) atoms. The van der Waals surface area contributed by atoms with Gasteiger partial charge in [-0.15, -0.1) is 0 Å². The highest BCUT2D eigenvalue weighted by Gasteiger charge is 1.74. The third kappa shape index (κ3) is 5.47. The molecule has 0 aromatic heterocycles. The summed E-state index contributed by atoms with van der Waals surface area (Å²) in [6.07, 6.45) is 4.19. The summed E-state index contributed by atoms with van der Waals surface area (Å²) in [6, 6.07) is 0. The second-order valence-corrected chi connectivity index (χ2v) is 1.93. The van der Waals surface area contributed by atoms with E-state index in [1.54, 1.807) is 5.01 Å². The second kappa shape index (κ2) is 4.62. The van der Waals surface area contributed by atoms with Crippen molar-refractivity contribution in [3.05, 3.63) is 0 Å². The van der Waals surface area contributed by atoms with Crippen LogP contribution in [0.4, 0.5) is 0 Å². The Morgan fingerprint density at radius 2 is 2.12 bits per heavy atom. The highest BCUT2D eigenvalue weighted by molar-refractivity contribution is 5.56. The van der Waals surface area contributed by atoms with Crippen LogP contribution in [-0.2, 0) is 0 Å². The van der Waals surface area contributed by atoms with E-state index in [4.69, 9.17) is 0 Å². The van der Waals surface area contributed by atoms with Gasteiger partial charge in [-0.3, -0.25) is 0 Å². The lowest BCUT2D eigenvalue weighted by molar-refractivity contribution is 0.439. The summed E-state index contributed by atoms with van der Waals surface area (Å²) in [5, 5.41) is 5.82. The number of nitrogens with zero attached hydrogens (tertiary/aromatic N) is 2. The summed E-state index contributed by atoms with van der Waals surface area (Å²) in [6.45, 7) is 2.14. The lowest BCUT2D eigenvalue weighted by atomic mass is 10.4. The zero-order valence-corrected chi connectivity index (χ0v) is 5.89. The van der Waals surface area contributed by atoms with Crippen LogP contribution in [0.1, 0.15) is 19.8 Å². The van der Waals surface area contributed by atoms with E-state index >= 15 is 0 Å². The Kier molecular flexibility index (Phi) is 4.32. The Morgan fingerprint density at radius 3 is 2.50 bits per heavy atom. The van der Waals surface area contributed by atoms with Crippen LogP contribution in [0.25, 0.3) is 0 Å². The predicted molar refractivity (Wildman–Crippen MR) is 37.1 cm³/mol. The van der Waals surface area contributed by atoms with E-state index in [1.807, 2.05) is 20.3 Å². The van der Waals surface area contributed by atoms with Gasteiger partial charge in [0.15, 0.2) is 0 Å². The third-order valence-electron chi connectivity index (χ3n) is 0.730. The number of hydrogen-bond acceptors (Lipinski definition) is 2. The summed E-state index contributed by atoms with van der Waals surface area (Å²) in [4.78, 5) is 0. The van der Waals surface area contributed by atoms with Gasteiger partial charge in [-0.05, 0) is 6.42 Å². The molecule has 0 bridgehead atoms. The Labute approximate surface area is 51.2 Å². The Morgan fingerprint density at radius 1 is 1.50 bits per heavy atom. The van der Waals surface area contributed by atoms with Crippen molar-refractivity contribution in [2.45, 2.75) is 19.8 Å². The lowest BCUT2D eigenvalue weighted by Gasteiger charge is -2.00. The molecule has 0 saturated heterocycles. The minimum absolute atomic E-state index is 1.08. The quantitative estimate of drug-likeness (QED) is 0.399. The zero-order valence-electron chi connectivity index (χ0n) is 5.89. The molecule has 0 aromatic carbocycles. The highest BCUT2D eigenvalue weighted by atomic mass is 15.4. The number of unbranched alkanes of at least 4 members (excludes halogenated alkanes) is 1. The Balaban J connectivity index is 3.07. The van der Waals surface area contributed by atoms with E-state index in [1.165, 1.54) is 6.42 Å². The fourth-order valence-electron chi connectivity index (χ4n) is 0.350. The van der Waals surface area contributed by atoms with Gasteiger partial charge in [0, 0.05) is 20.3 Å². The van der Waals surface area contributed by atoms with Gasteiger partial charge in [0.25, 0.3) is 0 Å². The van der Waals surface area contributed by atoms with Gasteiger partial charge in [0.1, 0.15) is 0 Å². The fourth-order valence-corrected chi connectivity index (χ4v) is 0.350. The average Bonchev–Trinajstić information content (AvgIpc) is 1.66. The van der Waals surface area contributed by atoms with Crippen molar-refractivity contribution in [3.63, 3.8) is 0 Å². The lowest BCUT2D eigenvalue weighted by Crippen LogP contribution is -2.01. The van der Waals surface area contributed by atoms with E-state index in [9.17, 15) is 0 Å². The summed E-state index contributed by atoms with van der Waals surface area (Å²) in [5.41, 5.74) is 0. The molecule has 0 aliphatic carbocycles. The zero-order chi connectivity index (χ0) is 6.41. The Hall–Kier alpha value is -0.530. The van der Waals surface area contributed by atoms with Crippen molar-refractivity contribution in [2.24, 2.45) is 5.10 Å². The standard InChI is InChI=1S/C6H14N2/c1-4-5-6-7-8(2)3/h6H,4-5H2,1-3H3/b7-6+. The molecule has 0 aromatic rings. The van der Waals surface area contributed by atoms with Gasteiger partial charge in [-0.25, -0.2) is 0 Å². The highest BCUT2D eigenvalue weighted by Crippen LogP contribution is 1.81. The first-order valence-electron chi connectivity index (χ1n) is 2.97. The second-order valence-electron chi connectivity index (χ2n) is 1.93. The van der Waals surface area contributed by atoms with Gasteiger partial charge < -0.3 is 5.01 Å². The molecule has 0 aliphatic heterocycles. The van der Waals surface area contributed by atoms with Crippen LogP contribution in [0.3, 0.4) is 0 Å². The summed E-state index contributed by atoms with van der Waals surface area (Å²) in [5.74, 6) is 0. The van der Waals surface area contributed by atoms with Crippen LogP contribution in [0, 0.1) is 0 Å². The first-order valence-corrected chi connectivity index (χ1v) is 2.97. The van der Waals surface area contributed by atoms with Crippen molar-refractivity contribution in [1.82, 2.24) is 5.01 Å². The normalized spacial score (nSPS) is 10.4. The average molecular weight is 114 g/mol. The molecule has 0 heterocycles. The largest absolute Gasteiger partial charge is 0.303 e. The molecule has 0 radical (unpaired) electrons. The van der Waals surface area contributed by atoms with Gasteiger partial charge in [-0.1, -0.05) is 13.3 Å². The van der Waals surface area contributed by atoms with Crippen molar-refractivity contribution in [3.8, 4) is 0 Å². The van der Waals surface area contributed by atoms with Gasteiger partial charge >= 0.3 is 0 Å². The van der Waals surface area contributed by atoms with Crippen molar-refractivity contribution in [2.75, 3.05) is 14.1 Å². The predicted octanol–water partition coefficient (Wildman–Crippen LogP) is 1.33. The minimum Gasteiger partial charge on any atom is -0.303 e. The number of hydrogen-bond donors (Lipinski definition) is 0. The van der Waals surface area contributed by atoms with Crippen LogP contribution in [0.2, 0.25) is 0 Å². The molecule has 0 fully saturated rings. The van der Waals surface area contributed by atoms with Crippen LogP contribution in [-0.4, -0.2) is 25.3 Å².